The summed E-state index contributed by atoms with van der Waals surface area (Å²) in [5.41, 5.74) is -0.699. The van der Waals surface area contributed by atoms with Gasteiger partial charge >= 0.3 is 6.09 Å². The molecule has 2 aliphatic carbocycles. The molecule has 53 heavy (non-hydrogen) atoms. The fraction of sp³-hybridized carbons (Fsp3) is 0.553. The van der Waals surface area contributed by atoms with E-state index in [1.54, 1.807) is 13.3 Å². The van der Waals surface area contributed by atoms with Gasteiger partial charge in [0, 0.05) is 29.5 Å². The van der Waals surface area contributed by atoms with Crippen molar-refractivity contribution >= 4 is 50.7 Å². The van der Waals surface area contributed by atoms with Crippen LogP contribution in [0.2, 0.25) is 0 Å². The molecule has 0 radical (unpaired) electrons. The van der Waals surface area contributed by atoms with E-state index in [1.807, 2.05) is 49.4 Å². The van der Waals surface area contributed by atoms with Crippen LogP contribution in [0, 0.1) is 11.8 Å². The molecule has 0 spiro atoms. The molecular weight excluding hydrogens is 703 g/mol. The zero-order valence-corrected chi connectivity index (χ0v) is 30.9. The summed E-state index contributed by atoms with van der Waals surface area (Å²) in [7, 11) is -2.29. The number of carbonyl (C=O) groups excluding carboxylic acids is 4. The molecule has 14 nitrogen and oxygen atoms in total. The van der Waals surface area contributed by atoms with Crippen LogP contribution in [0.4, 0.5) is 4.79 Å². The maximum atomic E-state index is 14.5. The minimum atomic E-state index is -3.88. The number of amides is 4. The number of ether oxygens (including phenoxy) is 3. The van der Waals surface area contributed by atoms with Crippen LogP contribution >= 0.6 is 0 Å². The molecule has 4 amide bonds. The monoisotopic (exact) mass is 749 g/mol. The van der Waals surface area contributed by atoms with Crippen LogP contribution < -0.4 is 24.8 Å². The number of nitrogens with one attached hydrogen (secondary N) is 3. The molecule has 1 aromatic heterocycles. The first-order valence-electron chi connectivity index (χ1n) is 18.6. The molecule has 7 rings (SSSR count). The Labute approximate surface area is 309 Å². The summed E-state index contributed by atoms with van der Waals surface area (Å²) in [6.07, 6.45) is 13.0. The van der Waals surface area contributed by atoms with Crippen LogP contribution in [0.1, 0.15) is 76.7 Å². The number of benzene rings is 1. The molecule has 2 saturated carbocycles. The summed E-state index contributed by atoms with van der Waals surface area (Å²) in [6.45, 7) is 2.08. The Morgan fingerprint density at radius 1 is 1.11 bits per heavy atom. The van der Waals surface area contributed by atoms with E-state index in [0.717, 1.165) is 29.2 Å². The minimum absolute atomic E-state index is 0.000745. The van der Waals surface area contributed by atoms with Gasteiger partial charge in [-0.1, -0.05) is 44.1 Å². The van der Waals surface area contributed by atoms with Crippen molar-refractivity contribution in [3.8, 4) is 11.6 Å². The lowest BCUT2D eigenvalue weighted by molar-refractivity contribution is -0.141. The highest BCUT2D eigenvalue weighted by Gasteiger charge is 2.62. The van der Waals surface area contributed by atoms with Crippen LogP contribution in [0.5, 0.6) is 11.6 Å². The average Bonchev–Trinajstić information content (AvgIpc) is 4.06. The second kappa shape index (κ2) is 15.0. The Morgan fingerprint density at radius 3 is 2.74 bits per heavy atom. The third kappa shape index (κ3) is 7.99. The Balaban J connectivity index is 1.24. The van der Waals surface area contributed by atoms with E-state index in [0.29, 0.717) is 50.2 Å². The van der Waals surface area contributed by atoms with Crippen molar-refractivity contribution in [3.05, 3.63) is 48.2 Å². The quantitative estimate of drug-likeness (QED) is 0.390. The van der Waals surface area contributed by atoms with Crippen molar-refractivity contribution < 1.29 is 41.8 Å². The van der Waals surface area contributed by atoms with E-state index in [1.165, 1.54) is 4.90 Å². The molecule has 2 aromatic rings. The maximum absolute atomic E-state index is 14.5. The minimum Gasteiger partial charge on any atom is -0.496 e. The highest BCUT2D eigenvalue weighted by molar-refractivity contribution is 7.91. The Hall–Kier alpha value is -4.66. The van der Waals surface area contributed by atoms with Gasteiger partial charge in [-0.2, -0.15) is 0 Å². The van der Waals surface area contributed by atoms with E-state index in [-0.39, 0.29) is 31.9 Å². The molecule has 6 atom stereocenters. The van der Waals surface area contributed by atoms with E-state index >= 15 is 0 Å². The fourth-order valence-corrected chi connectivity index (χ4v) is 8.86. The highest BCUT2D eigenvalue weighted by atomic mass is 32.2. The molecule has 3 fully saturated rings. The van der Waals surface area contributed by atoms with Gasteiger partial charge in [-0.3, -0.25) is 19.1 Å². The predicted octanol–water partition coefficient (Wildman–Crippen LogP) is 3.74. The number of hydrogen-bond acceptors (Lipinski definition) is 10. The molecule has 284 valence electrons. The molecule has 5 bridgehead atoms. The number of cyclic esters (lactones) is 1. The molecule has 0 unspecified atom stereocenters. The summed E-state index contributed by atoms with van der Waals surface area (Å²) in [6, 6.07) is 3.59. The van der Waals surface area contributed by atoms with E-state index in [4.69, 9.17) is 14.2 Å². The average molecular weight is 750 g/mol. The summed E-state index contributed by atoms with van der Waals surface area (Å²) < 4.78 is 45.6. The van der Waals surface area contributed by atoms with Crippen LogP contribution in [0.15, 0.2) is 42.6 Å². The fourth-order valence-electron chi connectivity index (χ4n) is 7.49. The highest BCUT2D eigenvalue weighted by Crippen LogP contribution is 2.46. The van der Waals surface area contributed by atoms with Gasteiger partial charge in [0.25, 0.3) is 5.91 Å². The van der Waals surface area contributed by atoms with E-state index in [9.17, 15) is 27.6 Å². The van der Waals surface area contributed by atoms with Gasteiger partial charge in [-0.25, -0.2) is 18.2 Å². The first-order valence-corrected chi connectivity index (χ1v) is 20.1. The maximum Gasteiger partial charge on any atom is 0.407 e. The molecule has 1 saturated heterocycles. The van der Waals surface area contributed by atoms with Crippen LogP contribution in [0.25, 0.3) is 16.8 Å². The predicted molar refractivity (Wildman–Crippen MR) is 195 cm³/mol. The lowest BCUT2D eigenvalue weighted by Gasteiger charge is -2.29. The number of hydrogen-bond donors (Lipinski definition) is 3. The number of fused-ring (bicyclic) bond motifs is 4. The zero-order chi connectivity index (χ0) is 37.3. The van der Waals surface area contributed by atoms with Gasteiger partial charge in [0.2, 0.25) is 27.7 Å². The molecular formula is C38H47N5O9S. The molecule has 5 aliphatic rings. The van der Waals surface area contributed by atoms with Crippen molar-refractivity contribution in [2.75, 3.05) is 20.3 Å². The van der Waals surface area contributed by atoms with Gasteiger partial charge in [-0.05, 0) is 74.4 Å². The molecule has 3 N–H and O–H groups in total. The summed E-state index contributed by atoms with van der Waals surface area (Å²) >= 11 is 0. The zero-order valence-electron chi connectivity index (χ0n) is 30.0. The molecule has 3 aliphatic heterocycles. The standard InChI is InChI=1S/C38H47N5O9S/c1-23-9-8-10-25-17-29-24(18-32(25)50-2)15-16-39-34(29)52-27-19-31-33(44)41-38(36(46)42-53(48,49)28-13-14-28)20-26(38)11-6-4-3-5-7-12-30(35(45)43(31)21-27)40-37(47)51-22-23/h6,8,10-11,15-18,23,26-28,30-31H,3-5,7,9,12-14,19-22H2,1-2H3,(H,40,47)(H,41,44)(H,42,46)/b10-8+,11-6-/t23-,26-,27-,30+,31+,38-/m1/s1. The van der Waals surface area contributed by atoms with E-state index in [2.05, 4.69) is 20.3 Å². The number of carbonyl (C=O) groups is 4. The Morgan fingerprint density at radius 2 is 1.94 bits per heavy atom. The third-order valence-corrected chi connectivity index (χ3v) is 12.6. The van der Waals surface area contributed by atoms with Gasteiger partial charge in [0.1, 0.15) is 29.5 Å². The molecule has 15 heteroatoms. The number of pyridine rings is 1. The lowest BCUT2D eigenvalue weighted by Crippen LogP contribution is -2.58. The second-order valence-corrected chi connectivity index (χ2v) is 16.9. The Bertz CT molecular complexity index is 1950. The normalized spacial score (nSPS) is 30.9. The summed E-state index contributed by atoms with van der Waals surface area (Å²) in [4.78, 5) is 61.6. The Kier molecular flexibility index (Phi) is 10.4. The topological polar surface area (TPSA) is 182 Å². The van der Waals surface area contributed by atoms with Crippen molar-refractivity contribution in [2.24, 2.45) is 11.8 Å². The number of alkyl carbamates (subject to hydrolysis) is 1. The second-order valence-electron chi connectivity index (χ2n) is 15.0. The number of allylic oxidation sites excluding steroid dienone is 2. The largest absolute Gasteiger partial charge is 0.496 e. The summed E-state index contributed by atoms with van der Waals surface area (Å²) in [5.74, 6) is -1.34. The van der Waals surface area contributed by atoms with Crippen LogP contribution in [-0.2, 0) is 29.1 Å². The number of rotatable bonds is 4. The van der Waals surface area contributed by atoms with Crippen molar-refractivity contribution in [1.29, 1.82) is 0 Å². The third-order valence-electron chi connectivity index (χ3n) is 10.8. The van der Waals surface area contributed by atoms with Crippen LogP contribution in [0.3, 0.4) is 0 Å². The SMILES string of the molecule is COc1cc2ccnc3c2cc1/C=C/C[C@@H](C)COC(=O)N[C@H]1CCCCC/C=C\[C@@H]2C[C@@]2(C(=O)NS(=O)(=O)C2CC2)NC(=O)[C@@H]2C[C@H](CN2C1=O)O3. The van der Waals surface area contributed by atoms with E-state index < -0.39 is 68.7 Å². The number of aromatic nitrogens is 1. The number of nitrogens with zero attached hydrogens (tertiary/aromatic N) is 2. The smallest absolute Gasteiger partial charge is 0.407 e. The molecule has 4 heterocycles. The first-order chi connectivity index (χ1) is 25.5. The first kappa shape index (κ1) is 36.7. The van der Waals surface area contributed by atoms with Gasteiger partial charge in [0.05, 0.1) is 25.5 Å². The number of sulfonamides is 1. The van der Waals surface area contributed by atoms with Gasteiger partial charge < -0.3 is 29.7 Å². The summed E-state index contributed by atoms with van der Waals surface area (Å²) in [5, 5.41) is 6.58. The number of methoxy groups -OCH3 is 1. The van der Waals surface area contributed by atoms with Crippen molar-refractivity contribution in [3.63, 3.8) is 0 Å². The lowest BCUT2D eigenvalue weighted by atomic mass is 10.0. The van der Waals surface area contributed by atoms with Crippen molar-refractivity contribution in [2.45, 2.75) is 100 Å². The molecule has 1 aromatic carbocycles. The van der Waals surface area contributed by atoms with Gasteiger partial charge in [0.15, 0.2) is 0 Å². The van der Waals surface area contributed by atoms with Gasteiger partial charge in [-0.15, -0.1) is 0 Å². The van der Waals surface area contributed by atoms with Crippen LogP contribution in [-0.4, -0.2) is 91.4 Å². The van der Waals surface area contributed by atoms with Crippen molar-refractivity contribution in [1.82, 2.24) is 25.2 Å².